The van der Waals surface area contributed by atoms with Gasteiger partial charge in [-0.05, 0) is 11.1 Å². The molecule has 0 aromatic heterocycles. The molecule has 0 atom stereocenters. The summed E-state index contributed by atoms with van der Waals surface area (Å²) in [6, 6.07) is 37.9. The van der Waals surface area contributed by atoms with Gasteiger partial charge in [0, 0.05) is 10.8 Å². The molecule has 5 aromatic rings. The average molecular weight is 654 g/mol. The number of allylic oxidation sites excluding steroid dienone is 4. The summed E-state index contributed by atoms with van der Waals surface area (Å²) in [5.41, 5.74) is 5.31. The fourth-order valence-corrected chi connectivity index (χ4v) is 7.18. The molecule has 1 heteroatoms. The first-order chi connectivity index (χ1) is 21.3. The van der Waals surface area contributed by atoms with E-state index in [4.69, 9.17) is 0 Å². The fraction of sp³-hybridized carbons (Fsp3) is 0.302. The molecule has 222 valence electrons. The Morgan fingerprint density at radius 3 is 1.45 bits per heavy atom. The van der Waals surface area contributed by atoms with Crippen molar-refractivity contribution in [3.05, 3.63) is 150 Å². The zero-order valence-electron chi connectivity index (χ0n) is 27.0. The van der Waals surface area contributed by atoms with Crippen molar-refractivity contribution in [2.45, 2.75) is 83.5 Å². The first-order valence-corrected chi connectivity index (χ1v) is 17.5. The number of hydrogen-bond acceptors (Lipinski definition) is 0. The predicted octanol–water partition coefficient (Wildman–Crippen LogP) is 11.7. The molecule has 0 heterocycles. The monoisotopic (exact) mass is 652 g/mol. The Morgan fingerprint density at radius 1 is 0.591 bits per heavy atom. The molecular weight excluding hydrogens is 608 g/mol. The van der Waals surface area contributed by atoms with Gasteiger partial charge in [-0.15, -0.1) is 46.2 Å². The molecule has 2 aliphatic carbocycles. The van der Waals surface area contributed by atoms with Crippen LogP contribution in [0.3, 0.4) is 0 Å². The summed E-state index contributed by atoms with van der Waals surface area (Å²) >= 11 is 1.69. The molecule has 0 radical (unpaired) electrons. The van der Waals surface area contributed by atoms with Gasteiger partial charge in [-0.3, -0.25) is 6.08 Å². The van der Waals surface area contributed by atoms with Gasteiger partial charge in [0.05, 0.1) is 0 Å². The molecular formula is C43H46Zr. The summed E-state index contributed by atoms with van der Waals surface area (Å²) in [5.74, 6) is 0. The Morgan fingerprint density at radius 2 is 1.07 bits per heavy atom. The Labute approximate surface area is 280 Å². The van der Waals surface area contributed by atoms with Gasteiger partial charge >= 0.3 is 66.0 Å². The molecule has 2 aliphatic rings. The average Bonchev–Trinajstić information content (AvgIpc) is 3.70. The molecule has 0 spiro atoms. The molecule has 0 unspecified atom stereocenters. The van der Waals surface area contributed by atoms with Gasteiger partial charge in [-0.1, -0.05) is 124 Å². The van der Waals surface area contributed by atoms with Crippen LogP contribution in [0.2, 0.25) is 0 Å². The number of hydrogen-bond donors (Lipinski definition) is 0. The Balaban J connectivity index is 0.000000243. The zero-order chi connectivity index (χ0) is 31.0. The molecule has 0 aliphatic heterocycles. The van der Waals surface area contributed by atoms with E-state index >= 15 is 0 Å². The van der Waals surface area contributed by atoms with E-state index in [1.807, 2.05) is 15.4 Å². The van der Waals surface area contributed by atoms with Gasteiger partial charge in [0.1, 0.15) is 0 Å². The van der Waals surface area contributed by atoms with Crippen molar-refractivity contribution in [3.63, 3.8) is 0 Å². The molecule has 0 bridgehead atoms. The van der Waals surface area contributed by atoms with Gasteiger partial charge < -0.3 is 0 Å². The van der Waals surface area contributed by atoms with Crippen LogP contribution in [0.4, 0.5) is 0 Å². The second kappa shape index (κ2) is 14.8. The van der Waals surface area contributed by atoms with E-state index < -0.39 is 0 Å². The van der Waals surface area contributed by atoms with Gasteiger partial charge in [-0.25, -0.2) is 12.2 Å². The Hall–Kier alpha value is -3.02. The van der Waals surface area contributed by atoms with Crippen molar-refractivity contribution >= 4 is 24.8 Å². The third kappa shape index (κ3) is 7.79. The molecule has 5 aromatic carbocycles. The fourth-order valence-electron chi connectivity index (χ4n) is 6.31. The van der Waals surface area contributed by atoms with Crippen LogP contribution in [0.1, 0.15) is 94.9 Å². The summed E-state index contributed by atoms with van der Waals surface area (Å²) in [6.45, 7) is 9.27. The van der Waals surface area contributed by atoms with Crippen LogP contribution in [0.5, 0.6) is 0 Å². The van der Waals surface area contributed by atoms with E-state index in [0.717, 1.165) is 6.42 Å². The minimum atomic E-state index is -0.0417. The first kappa shape index (κ1) is 32.4. The van der Waals surface area contributed by atoms with E-state index in [1.165, 1.54) is 82.3 Å². The van der Waals surface area contributed by atoms with Gasteiger partial charge in [-0.2, -0.15) is 6.08 Å². The van der Waals surface area contributed by atoms with Crippen LogP contribution >= 0.6 is 0 Å². The van der Waals surface area contributed by atoms with Crippen molar-refractivity contribution in [1.29, 1.82) is 0 Å². The van der Waals surface area contributed by atoms with E-state index in [9.17, 15) is 0 Å². The molecule has 0 amide bonds. The van der Waals surface area contributed by atoms with Gasteiger partial charge in [0.2, 0.25) is 0 Å². The number of rotatable bonds is 4. The van der Waals surface area contributed by atoms with Crippen LogP contribution in [0.15, 0.2) is 121 Å². The van der Waals surface area contributed by atoms with E-state index in [2.05, 4.69) is 143 Å². The van der Waals surface area contributed by atoms with Crippen molar-refractivity contribution in [2.75, 3.05) is 0 Å². The summed E-state index contributed by atoms with van der Waals surface area (Å²) < 4.78 is 1.81. The molecule has 44 heavy (non-hydrogen) atoms. The number of fused-ring (bicyclic) bond motifs is 3. The first-order valence-electron chi connectivity index (χ1n) is 16.3. The summed E-state index contributed by atoms with van der Waals surface area (Å²) in [4.78, 5) is 0. The van der Waals surface area contributed by atoms with E-state index in [1.54, 1.807) is 24.2 Å². The normalized spacial score (nSPS) is 15.0. The summed E-state index contributed by atoms with van der Waals surface area (Å²) in [6.07, 6.45) is 18.8. The molecule has 1 saturated carbocycles. The standard InChI is InChI=1S/C31H29.C7H12.C5H5.Zr/c1-30(2,24-11-7-5-8-12-24)26-17-15-22-19-23-16-18-27(21-29(23)28(22)20-26)31(3,4)25-13-9-6-10-14-25;1-2-4-6-7-5-3-1;1-2-4-5-3-1;/h5-21H,1-4H3;1-6H2;1-3H,4H2;/q-1;;-1;+2. The van der Waals surface area contributed by atoms with Gasteiger partial charge in [0.25, 0.3) is 0 Å². The van der Waals surface area contributed by atoms with Crippen LogP contribution in [-0.2, 0) is 35.1 Å². The zero-order valence-corrected chi connectivity index (χ0v) is 29.5. The van der Waals surface area contributed by atoms with Crippen LogP contribution < -0.4 is 0 Å². The second-order valence-corrected chi connectivity index (χ2v) is 15.0. The Bertz CT molecular complexity index is 1600. The van der Waals surface area contributed by atoms with Crippen LogP contribution in [0, 0.1) is 6.08 Å². The number of benzene rings is 4. The van der Waals surface area contributed by atoms with Crippen molar-refractivity contribution in [3.8, 4) is 0 Å². The topological polar surface area (TPSA) is 0 Å². The third-order valence-corrected chi connectivity index (χ3v) is 10.7. The third-order valence-electron chi connectivity index (χ3n) is 9.44. The summed E-state index contributed by atoms with van der Waals surface area (Å²) in [5, 5.41) is 5.33. The minimum absolute atomic E-state index is 0.0417. The van der Waals surface area contributed by atoms with Gasteiger partial charge in [0.15, 0.2) is 0 Å². The molecule has 7 rings (SSSR count). The Kier molecular flexibility index (Phi) is 10.9. The van der Waals surface area contributed by atoms with Crippen LogP contribution in [-0.4, -0.2) is 3.21 Å². The second-order valence-electron chi connectivity index (χ2n) is 13.3. The molecule has 0 saturated heterocycles. The van der Waals surface area contributed by atoms with Crippen LogP contribution in [0.25, 0.3) is 21.5 Å². The van der Waals surface area contributed by atoms with Crippen molar-refractivity contribution in [2.24, 2.45) is 0 Å². The molecule has 0 nitrogen and oxygen atoms in total. The maximum atomic E-state index is 2.99. The van der Waals surface area contributed by atoms with E-state index in [0.29, 0.717) is 0 Å². The quantitative estimate of drug-likeness (QED) is 0.134. The summed E-state index contributed by atoms with van der Waals surface area (Å²) in [7, 11) is 0. The van der Waals surface area contributed by atoms with Crippen molar-refractivity contribution in [1.82, 2.24) is 0 Å². The SMILES string of the molecule is CC(C)(c1ccccc1)c1ccc2[cH-]c3ccc(C(C)(C)c4ccccc4)cc3c2c1.[C-]1=CC=CC1.[Zr+2]=[C]1CCCCCC1. The molecule has 1 fully saturated rings. The maximum absolute atomic E-state index is 2.99. The molecule has 0 N–H and O–H groups in total. The predicted molar refractivity (Wildman–Crippen MR) is 188 cm³/mol. The van der Waals surface area contributed by atoms with E-state index in [-0.39, 0.29) is 10.8 Å². The van der Waals surface area contributed by atoms with Crippen molar-refractivity contribution < 1.29 is 24.2 Å².